The van der Waals surface area contributed by atoms with Crippen molar-refractivity contribution in [1.29, 1.82) is 0 Å². The number of benzene rings is 1. The van der Waals surface area contributed by atoms with Crippen LogP contribution in [0.25, 0.3) is 10.9 Å². The lowest BCUT2D eigenvalue weighted by atomic mass is 10.1. The highest BCUT2D eigenvalue weighted by molar-refractivity contribution is 6.08. The molecule has 1 aromatic heterocycles. The van der Waals surface area contributed by atoms with Gasteiger partial charge in [-0.3, -0.25) is 4.79 Å². The van der Waals surface area contributed by atoms with Crippen molar-refractivity contribution in [1.82, 2.24) is 9.88 Å². The van der Waals surface area contributed by atoms with E-state index in [1.54, 1.807) is 31.0 Å². The Morgan fingerprint density at radius 2 is 2.16 bits per heavy atom. The Kier molecular flexibility index (Phi) is 3.88. The van der Waals surface area contributed by atoms with Gasteiger partial charge in [0.15, 0.2) is 0 Å². The van der Waals surface area contributed by atoms with Crippen molar-refractivity contribution >= 4 is 16.8 Å². The Hall–Kier alpha value is -1.84. The molecule has 0 unspecified atom stereocenters. The van der Waals surface area contributed by atoms with Crippen LogP contribution < -0.4 is 0 Å². The molecule has 0 saturated carbocycles. The van der Waals surface area contributed by atoms with Crippen LogP contribution in [0.4, 0.5) is 4.39 Å². The number of aromatic nitrogens is 1. The van der Waals surface area contributed by atoms with E-state index in [2.05, 4.69) is 11.9 Å². The van der Waals surface area contributed by atoms with Gasteiger partial charge in [-0.1, -0.05) is 19.4 Å². The number of halogens is 1. The van der Waals surface area contributed by atoms with Crippen LogP contribution in [0.1, 0.15) is 35.8 Å². The number of carbonyl (C=O) groups excluding carboxylic acids is 1. The molecule has 2 rings (SSSR count). The smallest absolute Gasteiger partial charge is 0.256 e. The molecule has 0 atom stereocenters. The van der Waals surface area contributed by atoms with Gasteiger partial charge in [0, 0.05) is 30.2 Å². The molecule has 1 N–H and O–H groups in total. The number of rotatable bonds is 4. The third kappa shape index (κ3) is 2.48. The third-order valence-corrected chi connectivity index (χ3v) is 3.37. The Labute approximate surface area is 112 Å². The van der Waals surface area contributed by atoms with Crippen molar-refractivity contribution in [2.45, 2.75) is 26.7 Å². The van der Waals surface area contributed by atoms with Gasteiger partial charge in [-0.15, -0.1) is 0 Å². The number of H-pyrrole nitrogens is 1. The fourth-order valence-corrected chi connectivity index (χ4v) is 2.29. The lowest BCUT2D eigenvalue weighted by Gasteiger charge is -2.17. The second-order valence-corrected chi connectivity index (χ2v) is 4.87. The highest BCUT2D eigenvalue weighted by atomic mass is 19.1. The third-order valence-electron chi connectivity index (χ3n) is 3.37. The van der Waals surface area contributed by atoms with Crippen LogP contribution in [-0.4, -0.2) is 29.4 Å². The van der Waals surface area contributed by atoms with Crippen molar-refractivity contribution in [3.8, 4) is 0 Å². The first-order valence-electron chi connectivity index (χ1n) is 6.58. The van der Waals surface area contributed by atoms with E-state index in [0.717, 1.165) is 12.8 Å². The molecular weight excluding hydrogens is 243 g/mol. The Balaban J connectivity index is 2.44. The zero-order chi connectivity index (χ0) is 14.0. The van der Waals surface area contributed by atoms with E-state index >= 15 is 0 Å². The monoisotopic (exact) mass is 262 g/mol. The van der Waals surface area contributed by atoms with Crippen LogP contribution in [0.5, 0.6) is 0 Å². The number of carbonyl (C=O) groups is 1. The standard InChI is InChI=1S/C15H19FN2O/c1-4-5-9-18(3)15(19)13-10(2)17-12-8-6-7-11(16)14(12)13/h6-8,17H,4-5,9H2,1-3H3. The Morgan fingerprint density at radius 1 is 1.42 bits per heavy atom. The molecule has 4 heteroatoms. The number of amides is 1. The van der Waals surface area contributed by atoms with Crippen LogP contribution in [0.2, 0.25) is 0 Å². The summed E-state index contributed by atoms with van der Waals surface area (Å²) in [6.07, 6.45) is 1.98. The predicted octanol–water partition coefficient (Wildman–Crippen LogP) is 3.49. The van der Waals surface area contributed by atoms with Crippen molar-refractivity contribution in [3.63, 3.8) is 0 Å². The Bertz CT molecular complexity index is 603. The summed E-state index contributed by atoms with van der Waals surface area (Å²) < 4.78 is 13.9. The molecule has 2 aromatic rings. The molecule has 0 spiro atoms. The molecule has 1 heterocycles. The van der Waals surface area contributed by atoms with Gasteiger partial charge in [-0.2, -0.15) is 0 Å². The van der Waals surface area contributed by atoms with Crippen LogP contribution in [-0.2, 0) is 0 Å². The first-order chi connectivity index (χ1) is 9.06. The summed E-state index contributed by atoms with van der Waals surface area (Å²) in [5, 5.41) is 0.397. The molecule has 102 valence electrons. The summed E-state index contributed by atoms with van der Waals surface area (Å²) in [5.74, 6) is -0.476. The number of unbranched alkanes of at least 4 members (excludes halogenated alkanes) is 1. The van der Waals surface area contributed by atoms with Crippen molar-refractivity contribution < 1.29 is 9.18 Å². The maximum atomic E-state index is 13.9. The molecule has 0 aliphatic rings. The average molecular weight is 262 g/mol. The summed E-state index contributed by atoms with van der Waals surface area (Å²) in [7, 11) is 1.76. The fourth-order valence-electron chi connectivity index (χ4n) is 2.29. The second kappa shape index (κ2) is 5.43. The molecule has 19 heavy (non-hydrogen) atoms. The molecule has 0 aliphatic carbocycles. The van der Waals surface area contributed by atoms with E-state index in [0.29, 0.717) is 28.7 Å². The quantitative estimate of drug-likeness (QED) is 0.899. The van der Waals surface area contributed by atoms with Crippen molar-refractivity contribution in [3.05, 3.63) is 35.3 Å². The minimum atomic E-state index is -0.353. The summed E-state index contributed by atoms with van der Waals surface area (Å²) in [4.78, 5) is 17.2. The predicted molar refractivity (Wildman–Crippen MR) is 74.9 cm³/mol. The van der Waals surface area contributed by atoms with E-state index in [9.17, 15) is 9.18 Å². The number of nitrogens with zero attached hydrogens (tertiary/aromatic N) is 1. The highest BCUT2D eigenvalue weighted by Crippen LogP contribution is 2.25. The summed E-state index contributed by atoms with van der Waals surface area (Å²) in [6.45, 7) is 4.57. The summed E-state index contributed by atoms with van der Waals surface area (Å²) in [5.41, 5.74) is 1.84. The molecule has 0 fully saturated rings. The van der Waals surface area contributed by atoms with Gasteiger partial charge in [0.25, 0.3) is 5.91 Å². The van der Waals surface area contributed by atoms with Crippen LogP contribution in [0.3, 0.4) is 0 Å². The number of hydrogen-bond acceptors (Lipinski definition) is 1. The number of nitrogens with one attached hydrogen (secondary N) is 1. The number of aryl methyl sites for hydroxylation is 1. The van der Waals surface area contributed by atoms with Gasteiger partial charge in [0.05, 0.1) is 5.56 Å². The van der Waals surface area contributed by atoms with Crippen LogP contribution in [0.15, 0.2) is 18.2 Å². The normalized spacial score (nSPS) is 10.9. The second-order valence-electron chi connectivity index (χ2n) is 4.87. The molecule has 1 amide bonds. The molecule has 3 nitrogen and oxygen atoms in total. The minimum absolute atomic E-state index is 0.123. The first kappa shape index (κ1) is 13.6. The summed E-state index contributed by atoms with van der Waals surface area (Å²) in [6, 6.07) is 4.81. The molecular formula is C15H19FN2O. The van der Waals surface area contributed by atoms with Crippen molar-refractivity contribution in [2.24, 2.45) is 0 Å². The van der Waals surface area contributed by atoms with Gasteiger partial charge in [-0.25, -0.2) is 4.39 Å². The number of aromatic amines is 1. The lowest BCUT2D eigenvalue weighted by Crippen LogP contribution is -2.28. The topological polar surface area (TPSA) is 36.1 Å². The van der Waals surface area contributed by atoms with E-state index in [1.165, 1.54) is 6.07 Å². The van der Waals surface area contributed by atoms with E-state index in [-0.39, 0.29) is 11.7 Å². The molecule has 0 bridgehead atoms. The largest absolute Gasteiger partial charge is 0.358 e. The van der Waals surface area contributed by atoms with Gasteiger partial charge < -0.3 is 9.88 Å². The van der Waals surface area contributed by atoms with Crippen molar-refractivity contribution in [2.75, 3.05) is 13.6 Å². The minimum Gasteiger partial charge on any atom is -0.358 e. The zero-order valence-corrected chi connectivity index (χ0v) is 11.6. The Morgan fingerprint density at radius 3 is 2.84 bits per heavy atom. The van der Waals surface area contributed by atoms with E-state index < -0.39 is 0 Å². The maximum Gasteiger partial charge on any atom is 0.256 e. The van der Waals surface area contributed by atoms with Crippen LogP contribution in [0, 0.1) is 12.7 Å². The lowest BCUT2D eigenvalue weighted by molar-refractivity contribution is 0.0794. The van der Waals surface area contributed by atoms with Gasteiger partial charge in [-0.05, 0) is 25.5 Å². The number of fused-ring (bicyclic) bond motifs is 1. The first-order valence-corrected chi connectivity index (χ1v) is 6.58. The van der Waals surface area contributed by atoms with Gasteiger partial charge >= 0.3 is 0 Å². The molecule has 1 aromatic carbocycles. The van der Waals surface area contributed by atoms with E-state index in [4.69, 9.17) is 0 Å². The maximum absolute atomic E-state index is 13.9. The SMILES string of the molecule is CCCCN(C)C(=O)c1c(C)[nH]c2cccc(F)c12. The molecule has 0 saturated heterocycles. The zero-order valence-electron chi connectivity index (χ0n) is 11.6. The molecule has 0 radical (unpaired) electrons. The highest BCUT2D eigenvalue weighted by Gasteiger charge is 2.21. The van der Waals surface area contributed by atoms with Crippen LogP contribution >= 0.6 is 0 Å². The fraction of sp³-hybridized carbons (Fsp3) is 0.400. The number of hydrogen-bond donors (Lipinski definition) is 1. The summed E-state index contributed by atoms with van der Waals surface area (Å²) >= 11 is 0. The average Bonchev–Trinajstić information content (AvgIpc) is 2.72. The molecule has 0 aliphatic heterocycles. The van der Waals surface area contributed by atoms with Gasteiger partial charge in [0.2, 0.25) is 0 Å². The van der Waals surface area contributed by atoms with E-state index in [1.807, 2.05) is 0 Å². The van der Waals surface area contributed by atoms with Gasteiger partial charge in [0.1, 0.15) is 5.82 Å².